The molecule has 3 rings (SSSR count). The molecule has 0 radical (unpaired) electrons. The Balaban J connectivity index is 1.74. The molecule has 1 atom stereocenters. The summed E-state index contributed by atoms with van der Waals surface area (Å²) >= 11 is 0. The second kappa shape index (κ2) is 4.83. The summed E-state index contributed by atoms with van der Waals surface area (Å²) < 4.78 is 5.79. The Hall–Kier alpha value is -1.79. The molecule has 0 unspecified atom stereocenters. The highest BCUT2D eigenvalue weighted by molar-refractivity contribution is 5.79. The first-order valence-corrected chi connectivity index (χ1v) is 6.51. The van der Waals surface area contributed by atoms with Crippen molar-refractivity contribution in [2.24, 2.45) is 0 Å². The Kier molecular flexibility index (Phi) is 3.04. The standard InChI is InChI=1S/C15H16N2O/c16-10-11-3-6-15-12(8-11)9-14(18-15)5-4-13-2-1-7-17-13/h3,6,8-9,13,17H,1-2,4-5,7H2/t13-/m0/s1. The van der Waals surface area contributed by atoms with Crippen molar-refractivity contribution in [3.8, 4) is 6.07 Å². The molecule has 3 heteroatoms. The average molecular weight is 240 g/mol. The highest BCUT2D eigenvalue weighted by Gasteiger charge is 2.14. The van der Waals surface area contributed by atoms with Crippen molar-refractivity contribution >= 4 is 11.0 Å². The number of nitriles is 1. The Bertz CT molecular complexity index is 588. The van der Waals surface area contributed by atoms with Gasteiger partial charge in [0.15, 0.2) is 0 Å². The summed E-state index contributed by atoms with van der Waals surface area (Å²) in [5.74, 6) is 1.02. The van der Waals surface area contributed by atoms with Crippen LogP contribution in [0.3, 0.4) is 0 Å². The van der Waals surface area contributed by atoms with E-state index >= 15 is 0 Å². The van der Waals surface area contributed by atoms with Crippen molar-refractivity contribution in [2.75, 3.05) is 6.54 Å². The van der Waals surface area contributed by atoms with Gasteiger partial charge in [0.25, 0.3) is 0 Å². The van der Waals surface area contributed by atoms with Crippen LogP contribution in [0, 0.1) is 11.3 Å². The van der Waals surface area contributed by atoms with Crippen molar-refractivity contribution in [1.82, 2.24) is 5.32 Å². The van der Waals surface area contributed by atoms with E-state index in [4.69, 9.17) is 9.68 Å². The van der Waals surface area contributed by atoms with Gasteiger partial charge in [0.1, 0.15) is 11.3 Å². The van der Waals surface area contributed by atoms with Gasteiger partial charge in [0, 0.05) is 17.8 Å². The minimum atomic E-state index is 0.646. The fraction of sp³-hybridized carbons (Fsp3) is 0.400. The van der Waals surface area contributed by atoms with Gasteiger partial charge in [-0.25, -0.2) is 0 Å². The molecule has 1 saturated heterocycles. The van der Waals surface area contributed by atoms with Gasteiger partial charge < -0.3 is 9.73 Å². The molecule has 1 aliphatic rings. The van der Waals surface area contributed by atoms with Crippen molar-refractivity contribution < 1.29 is 4.42 Å². The van der Waals surface area contributed by atoms with Gasteiger partial charge in [-0.3, -0.25) is 0 Å². The van der Waals surface area contributed by atoms with E-state index in [9.17, 15) is 0 Å². The first-order valence-electron chi connectivity index (χ1n) is 6.51. The summed E-state index contributed by atoms with van der Waals surface area (Å²) in [7, 11) is 0. The molecule has 1 aromatic heterocycles. The molecule has 1 N–H and O–H groups in total. The van der Waals surface area contributed by atoms with Crippen LogP contribution >= 0.6 is 0 Å². The maximum Gasteiger partial charge on any atom is 0.134 e. The lowest BCUT2D eigenvalue weighted by molar-refractivity contribution is 0.494. The topological polar surface area (TPSA) is 49.0 Å². The van der Waals surface area contributed by atoms with Gasteiger partial charge in [0.2, 0.25) is 0 Å². The molecular formula is C15H16N2O. The van der Waals surface area contributed by atoms with Crippen molar-refractivity contribution in [3.63, 3.8) is 0 Å². The Labute approximate surface area is 106 Å². The van der Waals surface area contributed by atoms with E-state index in [-0.39, 0.29) is 0 Å². The molecule has 2 heterocycles. The van der Waals surface area contributed by atoms with Crippen LogP contribution in [0.15, 0.2) is 28.7 Å². The van der Waals surface area contributed by atoms with E-state index in [2.05, 4.69) is 17.5 Å². The SMILES string of the molecule is N#Cc1ccc2oc(CC[C@@H]3CCCN3)cc2c1. The third-order valence-electron chi connectivity index (χ3n) is 3.60. The summed E-state index contributed by atoms with van der Waals surface area (Å²) in [6.07, 6.45) is 4.66. The van der Waals surface area contributed by atoms with E-state index in [0.29, 0.717) is 11.6 Å². The van der Waals surface area contributed by atoms with Crippen LogP contribution in [-0.4, -0.2) is 12.6 Å². The zero-order chi connectivity index (χ0) is 12.4. The molecule has 0 saturated carbocycles. The lowest BCUT2D eigenvalue weighted by atomic mass is 10.1. The molecule has 1 fully saturated rings. The Morgan fingerprint density at radius 2 is 2.33 bits per heavy atom. The Morgan fingerprint density at radius 1 is 1.39 bits per heavy atom. The van der Waals surface area contributed by atoms with Crippen LogP contribution in [0.25, 0.3) is 11.0 Å². The summed E-state index contributed by atoms with van der Waals surface area (Å²) in [6, 6.07) is 10.4. The fourth-order valence-electron chi connectivity index (χ4n) is 2.61. The number of furan rings is 1. The van der Waals surface area contributed by atoms with E-state index in [1.165, 1.54) is 12.8 Å². The first kappa shape index (κ1) is 11.3. The minimum absolute atomic E-state index is 0.646. The molecule has 0 bridgehead atoms. The zero-order valence-corrected chi connectivity index (χ0v) is 10.3. The molecule has 0 amide bonds. The third-order valence-corrected chi connectivity index (χ3v) is 3.60. The number of hydrogen-bond donors (Lipinski definition) is 1. The van der Waals surface area contributed by atoms with Crippen LogP contribution in [0.1, 0.15) is 30.6 Å². The van der Waals surface area contributed by atoms with Gasteiger partial charge in [0.05, 0.1) is 11.6 Å². The van der Waals surface area contributed by atoms with E-state index in [1.807, 2.05) is 12.1 Å². The highest BCUT2D eigenvalue weighted by Crippen LogP contribution is 2.22. The fourth-order valence-corrected chi connectivity index (χ4v) is 2.61. The zero-order valence-electron chi connectivity index (χ0n) is 10.3. The minimum Gasteiger partial charge on any atom is -0.461 e. The van der Waals surface area contributed by atoms with E-state index in [1.54, 1.807) is 6.07 Å². The predicted octanol–water partition coefficient (Wildman–Crippen LogP) is 2.99. The van der Waals surface area contributed by atoms with Gasteiger partial charge in [-0.1, -0.05) is 0 Å². The first-order chi connectivity index (χ1) is 8.85. The number of aryl methyl sites for hydroxylation is 1. The lowest BCUT2D eigenvalue weighted by Crippen LogP contribution is -2.21. The maximum atomic E-state index is 8.86. The summed E-state index contributed by atoms with van der Waals surface area (Å²) in [5, 5.41) is 13.4. The van der Waals surface area contributed by atoms with Crippen LogP contribution in [0.4, 0.5) is 0 Å². The number of nitrogens with one attached hydrogen (secondary N) is 1. The van der Waals surface area contributed by atoms with Crippen molar-refractivity contribution in [3.05, 3.63) is 35.6 Å². The molecular weight excluding hydrogens is 224 g/mol. The second-order valence-electron chi connectivity index (χ2n) is 4.91. The molecule has 1 aromatic carbocycles. The molecule has 1 aliphatic heterocycles. The number of nitrogens with zero attached hydrogens (tertiary/aromatic N) is 1. The normalized spacial score (nSPS) is 19.2. The lowest BCUT2D eigenvalue weighted by Gasteiger charge is -2.07. The van der Waals surface area contributed by atoms with Crippen LogP contribution in [0.5, 0.6) is 0 Å². The molecule has 0 aliphatic carbocycles. The average Bonchev–Trinajstić information content (AvgIpc) is 3.04. The largest absolute Gasteiger partial charge is 0.461 e. The third kappa shape index (κ3) is 2.25. The molecule has 0 spiro atoms. The van der Waals surface area contributed by atoms with Crippen LogP contribution in [-0.2, 0) is 6.42 Å². The van der Waals surface area contributed by atoms with E-state index < -0.39 is 0 Å². The van der Waals surface area contributed by atoms with Gasteiger partial charge >= 0.3 is 0 Å². The van der Waals surface area contributed by atoms with Gasteiger partial charge in [-0.15, -0.1) is 0 Å². The smallest absolute Gasteiger partial charge is 0.134 e. The summed E-state index contributed by atoms with van der Waals surface area (Å²) in [5.41, 5.74) is 1.57. The Morgan fingerprint density at radius 3 is 3.11 bits per heavy atom. The van der Waals surface area contributed by atoms with Gasteiger partial charge in [-0.2, -0.15) is 5.26 Å². The monoisotopic (exact) mass is 240 g/mol. The molecule has 92 valence electrons. The van der Waals surface area contributed by atoms with Crippen molar-refractivity contribution in [1.29, 1.82) is 5.26 Å². The van der Waals surface area contributed by atoms with Crippen LogP contribution in [0.2, 0.25) is 0 Å². The highest BCUT2D eigenvalue weighted by atomic mass is 16.3. The van der Waals surface area contributed by atoms with Gasteiger partial charge in [-0.05, 0) is 50.1 Å². The van der Waals surface area contributed by atoms with E-state index in [0.717, 1.165) is 36.1 Å². The maximum absolute atomic E-state index is 8.86. The number of hydrogen-bond acceptors (Lipinski definition) is 3. The number of fused-ring (bicyclic) bond motifs is 1. The number of rotatable bonds is 3. The molecule has 18 heavy (non-hydrogen) atoms. The predicted molar refractivity (Wildman–Crippen MR) is 70.3 cm³/mol. The second-order valence-corrected chi connectivity index (χ2v) is 4.91. The number of benzene rings is 1. The van der Waals surface area contributed by atoms with Crippen LogP contribution < -0.4 is 5.32 Å². The summed E-state index contributed by atoms with van der Waals surface area (Å²) in [6.45, 7) is 1.15. The molecule has 3 nitrogen and oxygen atoms in total. The quantitative estimate of drug-likeness (QED) is 0.897. The molecule has 2 aromatic rings. The van der Waals surface area contributed by atoms with Crippen molar-refractivity contribution in [2.45, 2.75) is 31.7 Å². The summed E-state index contributed by atoms with van der Waals surface area (Å²) in [4.78, 5) is 0.